The molecule has 0 spiro atoms. The molecule has 3 amide bonds. The van der Waals surface area contributed by atoms with Gasteiger partial charge in [-0.15, -0.1) is 11.3 Å². The molecule has 202 valence electrons. The Bertz CT molecular complexity index is 1320. The molecule has 0 saturated carbocycles. The highest BCUT2D eigenvalue weighted by Gasteiger charge is 2.34. The lowest BCUT2D eigenvalue weighted by Gasteiger charge is -2.28. The number of primary amides is 1. The largest absolute Gasteiger partial charge is 0.366 e. The highest BCUT2D eigenvalue weighted by atomic mass is 32.1. The summed E-state index contributed by atoms with van der Waals surface area (Å²) in [7, 11) is 1.54. The molecule has 0 fully saturated rings. The molecule has 1 aliphatic rings. The summed E-state index contributed by atoms with van der Waals surface area (Å²) in [6.45, 7) is 8.29. The van der Waals surface area contributed by atoms with E-state index in [9.17, 15) is 18.8 Å². The topological polar surface area (TPSA) is 114 Å². The van der Waals surface area contributed by atoms with Crippen molar-refractivity contribution in [3.63, 3.8) is 0 Å². The molecule has 1 unspecified atom stereocenters. The summed E-state index contributed by atoms with van der Waals surface area (Å²) in [5.41, 5.74) is 8.81. The molecule has 3 heterocycles. The van der Waals surface area contributed by atoms with Gasteiger partial charge in [-0.3, -0.25) is 19.4 Å². The number of pyridine rings is 1. The maximum atomic E-state index is 13.4. The van der Waals surface area contributed by atoms with Gasteiger partial charge < -0.3 is 16.4 Å². The maximum absolute atomic E-state index is 13.4. The number of halogens is 1. The van der Waals surface area contributed by atoms with Crippen molar-refractivity contribution in [3.8, 4) is 10.4 Å². The number of amides is 3. The van der Waals surface area contributed by atoms with Crippen molar-refractivity contribution in [2.24, 2.45) is 11.7 Å². The molecule has 3 aromatic rings. The van der Waals surface area contributed by atoms with Crippen LogP contribution in [0.5, 0.6) is 0 Å². The first-order valence-electron chi connectivity index (χ1n) is 12.8. The number of nitrogens with one attached hydrogen (secondary N) is 2. The average Bonchev–Trinajstić information content (AvgIpc) is 3.34. The van der Waals surface area contributed by atoms with Crippen LogP contribution in [0.15, 0.2) is 36.4 Å². The number of hydrogen-bond donors (Lipinski definition) is 3. The Kier molecular flexibility index (Phi) is 9.74. The van der Waals surface area contributed by atoms with Crippen molar-refractivity contribution in [1.82, 2.24) is 15.6 Å². The first-order chi connectivity index (χ1) is 18.1. The number of hydrogen-bond acceptors (Lipinski definition) is 5. The fraction of sp³-hybridized carbons (Fsp3) is 0.379. The van der Waals surface area contributed by atoms with Gasteiger partial charge in [0.2, 0.25) is 0 Å². The first-order valence-corrected chi connectivity index (χ1v) is 13.6. The van der Waals surface area contributed by atoms with Crippen molar-refractivity contribution in [2.75, 3.05) is 7.05 Å². The van der Waals surface area contributed by atoms with Crippen molar-refractivity contribution >= 4 is 29.1 Å². The van der Waals surface area contributed by atoms with E-state index in [4.69, 9.17) is 10.7 Å². The van der Waals surface area contributed by atoms with Crippen LogP contribution in [0, 0.1) is 11.7 Å². The number of nitrogens with two attached hydrogens (primary N) is 1. The fourth-order valence-corrected chi connectivity index (χ4v) is 5.42. The number of fused-ring (bicyclic) bond motifs is 1. The van der Waals surface area contributed by atoms with Crippen LogP contribution in [-0.4, -0.2) is 35.8 Å². The second kappa shape index (κ2) is 12.8. The van der Waals surface area contributed by atoms with Gasteiger partial charge in [0.1, 0.15) is 5.82 Å². The smallest absolute Gasteiger partial charge is 0.261 e. The van der Waals surface area contributed by atoms with Gasteiger partial charge in [0, 0.05) is 30.0 Å². The number of benzene rings is 1. The molecule has 0 saturated heterocycles. The fourth-order valence-electron chi connectivity index (χ4n) is 4.41. The van der Waals surface area contributed by atoms with Gasteiger partial charge >= 0.3 is 0 Å². The molecule has 1 atom stereocenters. The van der Waals surface area contributed by atoms with E-state index in [0.29, 0.717) is 51.5 Å². The molecular formula is C29H35FN4O3S. The van der Waals surface area contributed by atoms with Gasteiger partial charge in [0.25, 0.3) is 17.7 Å². The number of rotatable bonds is 7. The number of thiophene rings is 1. The van der Waals surface area contributed by atoms with Gasteiger partial charge in [-0.2, -0.15) is 0 Å². The van der Waals surface area contributed by atoms with Gasteiger partial charge in [0.15, 0.2) is 0 Å². The average molecular weight is 539 g/mol. The summed E-state index contributed by atoms with van der Waals surface area (Å²) in [5.74, 6) is -1.39. The lowest BCUT2D eigenvalue weighted by Crippen LogP contribution is -2.44. The molecule has 1 aromatic carbocycles. The Morgan fingerprint density at radius 2 is 1.82 bits per heavy atom. The van der Waals surface area contributed by atoms with Gasteiger partial charge in [-0.05, 0) is 48.6 Å². The van der Waals surface area contributed by atoms with Crippen LogP contribution < -0.4 is 16.4 Å². The monoisotopic (exact) mass is 538 g/mol. The Hall–Kier alpha value is -3.59. The Morgan fingerprint density at radius 1 is 1.16 bits per heavy atom. The second-order valence-corrected chi connectivity index (χ2v) is 10.8. The summed E-state index contributed by atoms with van der Waals surface area (Å²) in [5, 5.41) is 5.60. The number of aromatic nitrogens is 1. The van der Waals surface area contributed by atoms with Crippen LogP contribution in [0.1, 0.15) is 81.5 Å². The lowest BCUT2D eigenvalue weighted by atomic mass is 9.87. The van der Waals surface area contributed by atoms with E-state index in [1.807, 2.05) is 13.8 Å². The third-order valence-corrected chi connectivity index (χ3v) is 7.00. The molecule has 1 aliphatic heterocycles. The SMILES string of the molecule is CCC.CNC(=O)c1ccc(-c2c(C(N)=O)c(CC(C)C)nc3c2C(=O)NC(Cc2ccc(F)cc2)C3)s1. The van der Waals surface area contributed by atoms with Crippen molar-refractivity contribution < 1.29 is 18.8 Å². The molecule has 4 rings (SSSR count). The zero-order chi connectivity index (χ0) is 28.0. The molecule has 7 nitrogen and oxygen atoms in total. The van der Waals surface area contributed by atoms with Crippen LogP contribution in [0.4, 0.5) is 4.39 Å². The summed E-state index contributed by atoms with van der Waals surface area (Å²) in [6, 6.07) is 9.34. The Balaban J connectivity index is 0.00000127. The third kappa shape index (κ3) is 6.64. The normalized spacial score (nSPS) is 14.3. The van der Waals surface area contributed by atoms with Crippen LogP contribution in [0.25, 0.3) is 10.4 Å². The Labute approximate surface area is 227 Å². The molecule has 4 N–H and O–H groups in total. The van der Waals surface area contributed by atoms with E-state index in [2.05, 4.69) is 24.5 Å². The number of nitrogens with zero attached hydrogens (tertiary/aromatic N) is 1. The van der Waals surface area contributed by atoms with E-state index in [1.54, 1.807) is 31.3 Å². The zero-order valence-electron chi connectivity index (χ0n) is 22.5. The predicted octanol–water partition coefficient (Wildman–Crippen LogP) is 4.92. The summed E-state index contributed by atoms with van der Waals surface area (Å²) >= 11 is 1.19. The lowest BCUT2D eigenvalue weighted by molar-refractivity contribution is 0.0923. The Morgan fingerprint density at radius 3 is 2.39 bits per heavy atom. The molecule has 0 radical (unpaired) electrons. The third-order valence-electron chi connectivity index (χ3n) is 5.90. The zero-order valence-corrected chi connectivity index (χ0v) is 23.3. The van der Waals surface area contributed by atoms with Gasteiger partial charge in [-0.1, -0.05) is 46.2 Å². The highest BCUT2D eigenvalue weighted by Crippen LogP contribution is 2.38. The number of carbonyl (C=O) groups excluding carboxylic acids is 3. The molecule has 38 heavy (non-hydrogen) atoms. The quantitative estimate of drug-likeness (QED) is 0.396. The first kappa shape index (κ1) is 29.0. The second-order valence-electron chi connectivity index (χ2n) is 9.75. The summed E-state index contributed by atoms with van der Waals surface area (Å²) in [4.78, 5) is 44.1. The van der Waals surface area contributed by atoms with Crippen molar-refractivity contribution in [3.05, 3.63) is 75.2 Å². The van der Waals surface area contributed by atoms with Gasteiger partial charge in [-0.25, -0.2) is 4.39 Å². The summed E-state index contributed by atoms with van der Waals surface area (Å²) < 4.78 is 13.3. The molecule has 9 heteroatoms. The van der Waals surface area contributed by atoms with Crippen LogP contribution in [0.2, 0.25) is 0 Å². The highest BCUT2D eigenvalue weighted by molar-refractivity contribution is 7.17. The minimum absolute atomic E-state index is 0.198. The van der Waals surface area contributed by atoms with E-state index < -0.39 is 5.91 Å². The van der Waals surface area contributed by atoms with Crippen LogP contribution >= 0.6 is 11.3 Å². The van der Waals surface area contributed by atoms with Crippen molar-refractivity contribution in [1.29, 1.82) is 0 Å². The standard InChI is InChI=1S/C26H27FN4O3S.C3H8/c1-13(2)10-17-21(24(28)32)23(19-8-9-20(35-19)25(33)29-3)22-18(31-17)12-16(30-26(22)34)11-14-4-6-15(27)7-5-14;1-3-2/h4-9,13,16H,10-12H2,1-3H3,(H2,28,32)(H,29,33)(H,30,34);3H2,1-2H3. The van der Waals surface area contributed by atoms with E-state index in [0.717, 1.165) is 5.56 Å². The predicted molar refractivity (Wildman–Crippen MR) is 149 cm³/mol. The molecule has 0 aliphatic carbocycles. The van der Waals surface area contributed by atoms with E-state index in [1.165, 1.54) is 29.9 Å². The van der Waals surface area contributed by atoms with Crippen molar-refractivity contribution in [2.45, 2.75) is 59.4 Å². The minimum atomic E-state index is -0.665. The number of carbonyl (C=O) groups is 3. The maximum Gasteiger partial charge on any atom is 0.261 e. The molecular weight excluding hydrogens is 503 g/mol. The van der Waals surface area contributed by atoms with Gasteiger partial charge in [0.05, 0.1) is 27.4 Å². The molecule has 0 bridgehead atoms. The van der Waals surface area contributed by atoms with E-state index in [-0.39, 0.29) is 35.2 Å². The van der Waals surface area contributed by atoms with Crippen LogP contribution in [0.3, 0.4) is 0 Å². The van der Waals surface area contributed by atoms with E-state index >= 15 is 0 Å². The molecule has 2 aromatic heterocycles. The summed E-state index contributed by atoms with van der Waals surface area (Å²) in [6.07, 6.45) is 2.72. The van der Waals surface area contributed by atoms with Crippen LogP contribution in [-0.2, 0) is 19.3 Å². The minimum Gasteiger partial charge on any atom is -0.366 e.